The number of hydrogen-bond acceptors (Lipinski definition) is 4. The van der Waals surface area contributed by atoms with Crippen LogP contribution in [0.5, 0.6) is 0 Å². The summed E-state index contributed by atoms with van der Waals surface area (Å²) in [6.07, 6.45) is 2.85. The van der Waals surface area contributed by atoms with Gasteiger partial charge in [0.1, 0.15) is 0 Å². The summed E-state index contributed by atoms with van der Waals surface area (Å²) in [5.74, 6) is -0.140. The zero-order valence-electron chi connectivity index (χ0n) is 15.2. The lowest BCUT2D eigenvalue weighted by molar-refractivity contribution is 0.0934. The van der Waals surface area contributed by atoms with E-state index in [2.05, 4.69) is 40.0 Å². The van der Waals surface area contributed by atoms with Crippen LogP contribution in [0.3, 0.4) is 0 Å². The summed E-state index contributed by atoms with van der Waals surface area (Å²) in [7, 11) is 0. The minimum absolute atomic E-state index is 0.0389. The molecule has 0 spiro atoms. The number of aryl methyl sites for hydroxylation is 1. The first-order valence-corrected chi connectivity index (χ1v) is 9.04. The fourth-order valence-electron chi connectivity index (χ4n) is 3.46. The fourth-order valence-corrected chi connectivity index (χ4v) is 3.46. The van der Waals surface area contributed by atoms with E-state index in [4.69, 9.17) is 0 Å². The molecule has 1 aromatic heterocycles. The fraction of sp³-hybridized carbons (Fsp3) is 0.526. The Kier molecular flexibility index (Phi) is 5.48. The molecule has 0 bridgehead atoms. The van der Waals surface area contributed by atoms with Gasteiger partial charge in [0, 0.05) is 6.04 Å². The summed E-state index contributed by atoms with van der Waals surface area (Å²) in [5.41, 5.74) is 3.80. The van der Waals surface area contributed by atoms with Crippen LogP contribution in [0.25, 0.3) is 0 Å². The number of carbonyl (C=O) groups is 1. The first-order valence-electron chi connectivity index (χ1n) is 9.04. The van der Waals surface area contributed by atoms with Crippen molar-refractivity contribution >= 4 is 5.91 Å². The molecule has 1 aliphatic heterocycles. The van der Waals surface area contributed by atoms with Gasteiger partial charge in [-0.15, -0.1) is 5.10 Å². The summed E-state index contributed by atoms with van der Waals surface area (Å²) in [6, 6.07) is 8.64. The third kappa shape index (κ3) is 4.07. The molecular formula is C19H27N5O. The number of hydrogen-bond donors (Lipinski definition) is 2. The highest BCUT2D eigenvalue weighted by atomic mass is 16.2. The van der Waals surface area contributed by atoms with E-state index in [0.29, 0.717) is 11.7 Å². The Morgan fingerprint density at radius 3 is 2.76 bits per heavy atom. The van der Waals surface area contributed by atoms with Gasteiger partial charge < -0.3 is 10.6 Å². The summed E-state index contributed by atoms with van der Waals surface area (Å²) >= 11 is 0. The molecule has 2 heterocycles. The van der Waals surface area contributed by atoms with Crippen LogP contribution in [0.15, 0.2) is 24.3 Å². The predicted octanol–water partition coefficient (Wildman–Crippen LogP) is 2.18. The van der Waals surface area contributed by atoms with Gasteiger partial charge in [0.2, 0.25) is 0 Å². The maximum Gasteiger partial charge on any atom is 0.273 e. The van der Waals surface area contributed by atoms with E-state index in [1.807, 2.05) is 30.7 Å². The SMILES string of the molecule is Cc1ccccc1CC(C)NC(=O)c1nnn(C2CCNCC2)c1C. The van der Waals surface area contributed by atoms with Crippen LogP contribution >= 0.6 is 0 Å². The molecule has 6 heteroatoms. The van der Waals surface area contributed by atoms with Gasteiger partial charge in [-0.25, -0.2) is 4.68 Å². The molecule has 134 valence electrons. The third-order valence-electron chi connectivity index (χ3n) is 4.96. The van der Waals surface area contributed by atoms with Crippen molar-refractivity contribution in [3.63, 3.8) is 0 Å². The molecule has 25 heavy (non-hydrogen) atoms. The lowest BCUT2D eigenvalue weighted by Crippen LogP contribution is -2.35. The summed E-state index contributed by atoms with van der Waals surface area (Å²) in [4.78, 5) is 12.6. The first kappa shape index (κ1) is 17.6. The minimum atomic E-state index is -0.140. The van der Waals surface area contributed by atoms with Gasteiger partial charge in [0.05, 0.1) is 11.7 Å². The van der Waals surface area contributed by atoms with E-state index in [0.717, 1.165) is 38.0 Å². The monoisotopic (exact) mass is 341 g/mol. The molecule has 1 aromatic carbocycles. The van der Waals surface area contributed by atoms with Crippen molar-refractivity contribution in [2.75, 3.05) is 13.1 Å². The molecule has 1 amide bonds. The number of nitrogens with one attached hydrogen (secondary N) is 2. The number of nitrogens with zero attached hydrogens (tertiary/aromatic N) is 3. The van der Waals surface area contributed by atoms with Crippen molar-refractivity contribution in [3.05, 3.63) is 46.8 Å². The molecule has 1 aliphatic rings. The van der Waals surface area contributed by atoms with Gasteiger partial charge in [-0.1, -0.05) is 29.5 Å². The van der Waals surface area contributed by atoms with Gasteiger partial charge in [0.25, 0.3) is 5.91 Å². The van der Waals surface area contributed by atoms with E-state index in [-0.39, 0.29) is 11.9 Å². The highest BCUT2D eigenvalue weighted by Gasteiger charge is 2.23. The molecule has 3 rings (SSSR count). The van der Waals surface area contributed by atoms with Crippen LogP contribution < -0.4 is 10.6 Å². The Bertz CT molecular complexity index is 733. The van der Waals surface area contributed by atoms with Crippen molar-refractivity contribution in [3.8, 4) is 0 Å². The molecule has 2 aromatic rings. The van der Waals surface area contributed by atoms with Crippen molar-refractivity contribution in [1.82, 2.24) is 25.6 Å². The number of rotatable bonds is 5. The lowest BCUT2D eigenvalue weighted by atomic mass is 10.0. The number of amides is 1. The Morgan fingerprint density at radius 2 is 2.04 bits per heavy atom. The second kappa shape index (κ2) is 7.78. The molecule has 0 aliphatic carbocycles. The van der Waals surface area contributed by atoms with Crippen LogP contribution in [-0.2, 0) is 6.42 Å². The molecule has 0 saturated carbocycles. The van der Waals surface area contributed by atoms with E-state index < -0.39 is 0 Å². The Balaban J connectivity index is 1.65. The van der Waals surface area contributed by atoms with E-state index in [9.17, 15) is 4.79 Å². The average Bonchev–Trinajstić information content (AvgIpc) is 2.99. The van der Waals surface area contributed by atoms with Crippen LogP contribution in [0.1, 0.15) is 53.1 Å². The Labute approximate surface area is 149 Å². The second-order valence-electron chi connectivity index (χ2n) is 6.95. The van der Waals surface area contributed by atoms with E-state index >= 15 is 0 Å². The number of carbonyl (C=O) groups excluding carboxylic acids is 1. The largest absolute Gasteiger partial charge is 0.348 e. The highest BCUT2D eigenvalue weighted by Crippen LogP contribution is 2.20. The van der Waals surface area contributed by atoms with Crippen LogP contribution in [-0.4, -0.2) is 40.0 Å². The predicted molar refractivity (Wildman–Crippen MR) is 97.7 cm³/mol. The van der Waals surface area contributed by atoms with Gasteiger partial charge in [-0.05, 0) is 64.3 Å². The molecule has 2 N–H and O–H groups in total. The van der Waals surface area contributed by atoms with Crippen molar-refractivity contribution in [1.29, 1.82) is 0 Å². The highest BCUT2D eigenvalue weighted by molar-refractivity contribution is 5.93. The van der Waals surface area contributed by atoms with E-state index in [1.165, 1.54) is 11.1 Å². The summed E-state index contributed by atoms with van der Waals surface area (Å²) in [6.45, 7) is 8.02. The quantitative estimate of drug-likeness (QED) is 0.874. The van der Waals surface area contributed by atoms with Crippen molar-refractivity contribution in [2.45, 2.75) is 52.1 Å². The van der Waals surface area contributed by atoms with Gasteiger partial charge in [-0.2, -0.15) is 0 Å². The molecule has 1 unspecified atom stereocenters. The Morgan fingerprint density at radius 1 is 1.32 bits per heavy atom. The zero-order chi connectivity index (χ0) is 17.8. The summed E-state index contributed by atoms with van der Waals surface area (Å²) in [5, 5.41) is 14.8. The number of benzene rings is 1. The molecule has 0 radical (unpaired) electrons. The zero-order valence-corrected chi connectivity index (χ0v) is 15.2. The normalized spacial score (nSPS) is 16.6. The second-order valence-corrected chi connectivity index (χ2v) is 6.95. The maximum atomic E-state index is 12.6. The molecule has 1 atom stereocenters. The molecule has 1 saturated heterocycles. The molecule has 6 nitrogen and oxygen atoms in total. The van der Waals surface area contributed by atoms with Gasteiger partial charge in [-0.3, -0.25) is 4.79 Å². The maximum absolute atomic E-state index is 12.6. The van der Waals surface area contributed by atoms with Crippen molar-refractivity contribution < 1.29 is 4.79 Å². The van der Waals surface area contributed by atoms with E-state index in [1.54, 1.807) is 0 Å². The number of piperidine rings is 1. The van der Waals surface area contributed by atoms with Crippen LogP contribution in [0, 0.1) is 13.8 Å². The van der Waals surface area contributed by atoms with Gasteiger partial charge >= 0.3 is 0 Å². The molecular weight excluding hydrogens is 314 g/mol. The number of aromatic nitrogens is 3. The summed E-state index contributed by atoms with van der Waals surface area (Å²) < 4.78 is 1.92. The smallest absolute Gasteiger partial charge is 0.273 e. The third-order valence-corrected chi connectivity index (χ3v) is 4.96. The van der Waals surface area contributed by atoms with Gasteiger partial charge in [0.15, 0.2) is 5.69 Å². The lowest BCUT2D eigenvalue weighted by Gasteiger charge is -2.23. The standard InChI is InChI=1S/C19H27N5O/c1-13-6-4-5-7-16(13)12-14(2)21-19(25)18-15(3)24(23-22-18)17-8-10-20-11-9-17/h4-7,14,17,20H,8-12H2,1-3H3,(H,21,25). The first-order chi connectivity index (χ1) is 12.1. The topological polar surface area (TPSA) is 71.8 Å². The Hall–Kier alpha value is -2.21. The van der Waals surface area contributed by atoms with Crippen molar-refractivity contribution in [2.24, 2.45) is 0 Å². The minimum Gasteiger partial charge on any atom is -0.348 e. The van der Waals surface area contributed by atoms with Crippen LogP contribution in [0.2, 0.25) is 0 Å². The average molecular weight is 341 g/mol. The van der Waals surface area contributed by atoms with Crippen LogP contribution in [0.4, 0.5) is 0 Å². The molecule has 1 fully saturated rings.